The lowest BCUT2D eigenvalue weighted by Crippen LogP contribution is -2.53. The van der Waals surface area contributed by atoms with Crippen molar-refractivity contribution < 1.29 is 33.0 Å². The van der Waals surface area contributed by atoms with Crippen LogP contribution in [0.1, 0.15) is 35.2 Å². The molecule has 9 nitrogen and oxygen atoms in total. The summed E-state index contributed by atoms with van der Waals surface area (Å²) in [7, 11) is 3.15. The van der Waals surface area contributed by atoms with E-state index in [1.807, 2.05) is 0 Å². The Hall–Kier alpha value is -3.50. The van der Waals surface area contributed by atoms with E-state index in [9.17, 15) is 18.8 Å². The molecule has 3 amide bonds. The number of hydrogen-bond donors (Lipinski definition) is 2. The Kier molecular flexibility index (Phi) is 8.17. The van der Waals surface area contributed by atoms with E-state index < -0.39 is 6.10 Å². The third-order valence-corrected chi connectivity index (χ3v) is 6.36. The van der Waals surface area contributed by atoms with Gasteiger partial charge in [-0.2, -0.15) is 0 Å². The molecule has 2 aromatic rings. The number of fused-ring (bicyclic) bond motifs is 2. The van der Waals surface area contributed by atoms with Crippen molar-refractivity contribution in [3.63, 3.8) is 0 Å². The molecule has 1 fully saturated rings. The summed E-state index contributed by atoms with van der Waals surface area (Å²) in [6, 6.07) is 10.8. The maximum absolute atomic E-state index is 13.3. The first-order valence-corrected chi connectivity index (χ1v) is 11.8. The molecule has 36 heavy (non-hydrogen) atoms. The Bertz CT molecular complexity index is 1130. The van der Waals surface area contributed by atoms with Crippen molar-refractivity contribution in [2.75, 3.05) is 32.7 Å². The first kappa shape index (κ1) is 25.6. The van der Waals surface area contributed by atoms with Gasteiger partial charge in [0.1, 0.15) is 30.9 Å². The van der Waals surface area contributed by atoms with Gasteiger partial charge in [-0.3, -0.25) is 14.4 Å². The highest BCUT2D eigenvalue weighted by Gasteiger charge is 2.39. The van der Waals surface area contributed by atoms with E-state index in [1.165, 1.54) is 19.2 Å². The molecule has 2 aliphatic rings. The van der Waals surface area contributed by atoms with Crippen LogP contribution in [0.2, 0.25) is 0 Å². The van der Waals surface area contributed by atoms with E-state index in [0.717, 1.165) is 0 Å². The van der Waals surface area contributed by atoms with Gasteiger partial charge in [0.15, 0.2) is 0 Å². The van der Waals surface area contributed by atoms with Gasteiger partial charge in [-0.1, -0.05) is 12.1 Å². The van der Waals surface area contributed by atoms with Crippen molar-refractivity contribution in [1.29, 1.82) is 0 Å². The molecule has 2 heterocycles. The van der Waals surface area contributed by atoms with Crippen molar-refractivity contribution in [1.82, 2.24) is 10.2 Å². The molecule has 0 aliphatic carbocycles. The summed E-state index contributed by atoms with van der Waals surface area (Å²) in [5, 5.41) is 5.50. The average molecular weight is 500 g/mol. The van der Waals surface area contributed by atoms with Crippen LogP contribution < -0.4 is 15.4 Å². The second kappa shape index (κ2) is 11.5. The van der Waals surface area contributed by atoms with E-state index in [-0.39, 0.29) is 61.9 Å². The minimum absolute atomic E-state index is 0.0908. The minimum atomic E-state index is -0.400. The predicted octanol–water partition coefficient (Wildman–Crippen LogP) is 2.50. The van der Waals surface area contributed by atoms with E-state index >= 15 is 0 Å². The van der Waals surface area contributed by atoms with Gasteiger partial charge in [-0.05, 0) is 48.7 Å². The fraction of sp³-hybridized carbons (Fsp3) is 0.423. The Morgan fingerprint density at radius 1 is 1.17 bits per heavy atom. The summed E-state index contributed by atoms with van der Waals surface area (Å²) in [5.41, 5.74) is 1.51. The SMILES string of the molecule is COCC(=O)Nc1ccc2c(c1)C(=O)N(C)[C@@H]1CC[C@@H](CC(=O)NCc3cccc(F)c3)O[C@@H]1CO2. The molecule has 0 spiro atoms. The molecule has 0 radical (unpaired) electrons. The number of hydrogen-bond acceptors (Lipinski definition) is 6. The van der Waals surface area contributed by atoms with Crippen LogP contribution in [0, 0.1) is 5.82 Å². The highest BCUT2D eigenvalue weighted by Crippen LogP contribution is 2.32. The molecule has 10 heteroatoms. The van der Waals surface area contributed by atoms with Crippen LogP contribution in [-0.2, 0) is 25.6 Å². The monoisotopic (exact) mass is 499 g/mol. The normalized spacial score (nSPS) is 21.4. The third kappa shape index (κ3) is 6.19. The van der Waals surface area contributed by atoms with Gasteiger partial charge in [0.2, 0.25) is 11.8 Å². The lowest BCUT2D eigenvalue weighted by Gasteiger charge is -2.42. The van der Waals surface area contributed by atoms with Crippen LogP contribution in [0.4, 0.5) is 10.1 Å². The van der Waals surface area contributed by atoms with Crippen LogP contribution in [0.15, 0.2) is 42.5 Å². The molecule has 0 bridgehead atoms. The molecule has 0 aromatic heterocycles. The van der Waals surface area contributed by atoms with Gasteiger partial charge in [-0.25, -0.2) is 4.39 Å². The lowest BCUT2D eigenvalue weighted by atomic mass is 9.94. The number of halogens is 1. The zero-order chi connectivity index (χ0) is 25.7. The van der Waals surface area contributed by atoms with Crippen LogP contribution in [-0.4, -0.2) is 68.2 Å². The smallest absolute Gasteiger partial charge is 0.257 e. The molecule has 192 valence electrons. The molecule has 1 saturated heterocycles. The van der Waals surface area contributed by atoms with Crippen LogP contribution in [0.5, 0.6) is 5.75 Å². The van der Waals surface area contributed by atoms with Gasteiger partial charge in [-0.15, -0.1) is 0 Å². The second-order valence-electron chi connectivity index (χ2n) is 8.97. The van der Waals surface area contributed by atoms with Crippen LogP contribution >= 0.6 is 0 Å². The number of rotatable bonds is 7. The predicted molar refractivity (Wildman–Crippen MR) is 129 cm³/mol. The number of methoxy groups -OCH3 is 1. The largest absolute Gasteiger partial charge is 0.490 e. The number of carbonyl (C=O) groups is 3. The quantitative estimate of drug-likeness (QED) is 0.607. The van der Waals surface area contributed by atoms with Crippen LogP contribution in [0.25, 0.3) is 0 Å². The molecule has 3 atom stereocenters. The summed E-state index contributed by atoms with van der Waals surface area (Å²) in [5.74, 6) is -0.699. The first-order valence-electron chi connectivity index (χ1n) is 11.8. The topological polar surface area (TPSA) is 106 Å². The summed E-state index contributed by atoms with van der Waals surface area (Å²) in [6.45, 7) is 0.360. The van der Waals surface area contributed by atoms with Crippen molar-refractivity contribution in [3.05, 3.63) is 59.4 Å². The minimum Gasteiger partial charge on any atom is -0.490 e. The third-order valence-electron chi connectivity index (χ3n) is 6.36. The van der Waals surface area contributed by atoms with E-state index in [4.69, 9.17) is 14.2 Å². The second-order valence-corrected chi connectivity index (χ2v) is 8.97. The Labute approximate surface area is 208 Å². The molecule has 2 aromatic carbocycles. The maximum atomic E-state index is 13.3. The number of amides is 3. The zero-order valence-corrected chi connectivity index (χ0v) is 20.3. The van der Waals surface area contributed by atoms with Crippen molar-refractivity contribution >= 4 is 23.4 Å². The summed E-state index contributed by atoms with van der Waals surface area (Å²) >= 11 is 0. The van der Waals surface area contributed by atoms with Crippen molar-refractivity contribution in [3.8, 4) is 5.75 Å². The van der Waals surface area contributed by atoms with Gasteiger partial charge in [0.05, 0.1) is 24.1 Å². The summed E-state index contributed by atoms with van der Waals surface area (Å²) < 4.78 is 30.3. The summed E-state index contributed by atoms with van der Waals surface area (Å²) in [4.78, 5) is 39.2. The zero-order valence-electron chi connectivity index (χ0n) is 20.3. The Balaban J connectivity index is 1.37. The number of anilines is 1. The number of ether oxygens (including phenoxy) is 3. The first-order chi connectivity index (χ1) is 17.3. The lowest BCUT2D eigenvalue weighted by molar-refractivity contribution is -0.134. The standard InChI is InChI=1S/C26H30FN3O6/c1-30-21-8-7-19(12-24(31)28-13-16-4-3-5-17(27)10-16)36-23(21)14-35-22-9-6-18(11-20(22)26(30)33)29-25(32)15-34-2/h3-6,9-11,19,21,23H,7-8,12-15H2,1-2H3,(H,28,31)(H,29,32)/t19-,21+,23+/m0/s1. The number of carbonyl (C=O) groups excluding carboxylic acids is 3. The Morgan fingerprint density at radius 3 is 2.78 bits per heavy atom. The van der Waals surface area contributed by atoms with Crippen molar-refractivity contribution in [2.24, 2.45) is 0 Å². The molecular weight excluding hydrogens is 469 g/mol. The number of nitrogens with one attached hydrogen (secondary N) is 2. The molecule has 2 aliphatic heterocycles. The fourth-order valence-corrected chi connectivity index (χ4v) is 4.56. The molecule has 2 N–H and O–H groups in total. The van der Waals surface area contributed by atoms with Gasteiger partial charge >= 0.3 is 0 Å². The average Bonchev–Trinajstić information content (AvgIpc) is 2.85. The number of benzene rings is 2. The molecule has 0 unspecified atom stereocenters. The molecule has 4 rings (SSSR count). The van der Waals surface area contributed by atoms with Gasteiger partial charge in [0, 0.05) is 26.4 Å². The van der Waals surface area contributed by atoms with E-state index in [2.05, 4.69) is 10.6 Å². The maximum Gasteiger partial charge on any atom is 0.257 e. The molecule has 0 saturated carbocycles. The highest BCUT2D eigenvalue weighted by atomic mass is 19.1. The number of likely N-dealkylation sites (N-methyl/N-ethyl adjacent to an activating group) is 1. The van der Waals surface area contributed by atoms with Crippen molar-refractivity contribution in [2.45, 2.75) is 44.1 Å². The fourth-order valence-electron chi connectivity index (χ4n) is 4.56. The van der Waals surface area contributed by atoms with Gasteiger partial charge < -0.3 is 29.7 Å². The molecular formula is C26H30FN3O6. The van der Waals surface area contributed by atoms with E-state index in [0.29, 0.717) is 35.4 Å². The highest BCUT2D eigenvalue weighted by molar-refractivity contribution is 6.00. The number of nitrogens with zero attached hydrogens (tertiary/aromatic N) is 1. The Morgan fingerprint density at radius 2 is 2.00 bits per heavy atom. The van der Waals surface area contributed by atoms with Crippen LogP contribution in [0.3, 0.4) is 0 Å². The van der Waals surface area contributed by atoms with Gasteiger partial charge in [0.25, 0.3) is 5.91 Å². The van der Waals surface area contributed by atoms with E-state index in [1.54, 1.807) is 42.3 Å². The summed E-state index contributed by atoms with van der Waals surface area (Å²) in [6.07, 6.45) is 0.701.